The van der Waals surface area contributed by atoms with E-state index in [2.05, 4.69) is 50.3 Å². The second kappa shape index (κ2) is 48.1. The zero-order chi connectivity index (χ0) is 54.4. The number of hydrogen-bond acceptors (Lipinski definition) is 14. The van der Waals surface area contributed by atoms with E-state index in [9.17, 15) is 40.5 Å². The lowest BCUT2D eigenvalue weighted by molar-refractivity contribution is -0.332. The Labute approximate surface area is 455 Å². The molecule has 75 heavy (non-hydrogen) atoms. The van der Waals surface area contributed by atoms with E-state index < -0.39 is 80.7 Å². The van der Waals surface area contributed by atoms with Gasteiger partial charge >= 0.3 is 5.97 Å². The van der Waals surface area contributed by atoms with Crippen LogP contribution in [0, 0.1) is 0 Å². The third-order valence-corrected chi connectivity index (χ3v) is 14.6. The van der Waals surface area contributed by atoms with Crippen LogP contribution in [0.4, 0.5) is 0 Å². The zero-order valence-corrected chi connectivity index (χ0v) is 47.3. The lowest BCUT2D eigenvalue weighted by Crippen LogP contribution is -2.61. The second-order valence-electron chi connectivity index (χ2n) is 21.5. The Bertz CT molecular complexity index is 1380. The van der Waals surface area contributed by atoms with Crippen LogP contribution < -0.4 is 0 Å². The average molecular weight is 1070 g/mol. The van der Waals surface area contributed by atoms with E-state index in [1.54, 1.807) is 0 Å². The number of aliphatic hydroxyl groups is 7. The fraction of sp³-hybridized carbons (Fsp3) is 0.885. The van der Waals surface area contributed by atoms with Crippen LogP contribution in [0.1, 0.15) is 245 Å². The molecule has 11 unspecified atom stereocenters. The summed E-state index contributed by atoms with van der Waals surface area (Å²) >= 11 is 0. The molecule has 0 radical (unpaired) electrons. The predicted octanol–water partition coefficient (Wildman–Crippen LogP) is 11.3. The number of rotatable bonds is 50. The normalized spacial score (nSPS) is 24.8. The van der Waals surface area contributed by atoms with Crippen LogP contribution in [-0.2, 0) is 33.2 Å². The Morgan fingerprint density at radius 3 is 1.32 bits per heavy atom. The van der Waals surface area contributed by atoms with Gasteiger partial charge < -0.3 is 64.2 Å². The van der Waals surface area contributed by atoms with E-state index in [4.69, 9.17) is 28.4 Å². The molecule has 2 aliphatic heterocycles. The summed E-state index contributed by atoms with van der Waals surface area (Å²) in [6, 6.07) is 0. The highest BCUT2D eigenvalue weighted by Gasteiger charge is 2.47. The standard InChI is InChI=1S/C61H112O14/c1-3-5-7-9-11-13-15-17-19-21-23-24-25-26-27-28-30-32-34-36-38-40-42-44-53(63)73-50(47-70-45-43-41-39-37-35-33-31-29-22-20-18-16-14-12-10-8-6-4-2)48-71-60-59(69)57(67)55(65)52(75-60)49-72-61-58(68)56(66)54(64)51(46-62)74-61/h12,14,18,20-21,23,50-52,54-62,64-69H,3-11,13,15-17,19,22,24-49H2,1-2H3/b14-12-,20-18-,23-21-. The molecule has 0 bridgehead atoms. The largest absolute Gasteiger partial charge is 0.457 e. The van der Waals surface area contributed by atoms with E-state index in [1.807, 2.05) is 0 Å². The highest BCUT2D eigenvalue weighted by molar-refractivity contribution is 5.69. The van der Waals surface area contributed by atoms with Crippen molar-refractivity contribution in [2.45, 2.75) is 313 Å². The number of allylic oxidation sites excluding steroid dienone is 6. The third-order valence-electron chi connectivity index (χ3n) is 14.6. The Hall–Kier alpha value is -1.79. The lowest BCUT2D eigenvalue weighted by atomic mass is 9.98. The van der Waals surface area contributed by atoms with E-state index >= 15 is 0 Å². The van der Waals surface area contributed by atoms with Gasteiger partial charge in [0.25, 0.3) is 0 Å². The molecule has 14 heteroatoms. The monoisotopic (exact) mass is 1070 g/mol. The van der Waals surface area contributed by atoms with Gasteiger partial charge in [-0.2, -0.15) is 0 Å². The smallest absolute Gasteiger partial charge is 0.306 e. The molecule has 2 rings (SSSR count). The summed E-state index contributed by atoms with van der Waals surface area (Å²) in [5.41, 5.74) is 0. The average Bonchev–Trinajstić information content (AvgIpc) is 3.41. The number of carbonyl (C=O) groups excluding carboxylic acids is 1. The fourth-order valence-corrected chi connectivity index (χ4v) is 9.66. The molecule has 14 nitrogen and oxygen atoms in total. The molecule has 2 fully saturated rings. The molecule has 0 saturated carbocycles. The van der Waals surface area contributed by atoms with Crippen molar-refractivity contribution >= 4 is 5.97 Å². The van der Waals surface area contributed by atoms with Gasteiger partial charge in [-0.3, -0.25) is 4.79 Å². The first-order chi connectivity index (χ1) is 36.6. The Morgan fingerprint density at radius 1 is 0.440 bits per heavy atom. The number of unbranched alkanes of at least 4 members (excludes halogenated alkanes) is 30. The number of esters is 1. The predicted molar refractivity (Wildman–Crippen MR) is 298 cm³/mol. The van der Waals surface area contributed by atoms with Gasteiger partial charge in [0.05, 0.1) is 26.4 Å². The molecular formula is C61H112O14. The van der Waals surface area contributed by atoms with Gasteiger partial charge in [0.15, 0.2) is 12.6 Å². The van der Waals surface area contributed by atoms with Crippen molar-refractivity contribution in [3.05, 3.63) is 36.5 Å². The molecule has 11 atom stereocenters. The van der Waals surface area contributed by atoms with Gasteiger partial charge in [-0.25, -0.2) is 0 Å². The molecule has 0 aromatic heterocycles. The number of ether oxygens (including phenoxy) is 6. The maximum absolute atomic E-state index is 13.1. The van der Waals surface area contributed by atoms with Crippen molar-refractivity contribution in [1.29, 1.82) is 0 Å². The van der Waals surface area contributed by atoms with Crippen LogP contribution in [0.2, 0.25) is 0 Å². The van der Waals surface area contributed by atoms with Crippen LogP contribution >= 0.6 is 0 Å². The van der Waals surface area contributed by atoms with Gasteiger partial charge in [-0.05, 0) is 70.6 Å². The minimum absolute atomic E-state index is 0.0591. The fourth-order valence-electron chi connectivity index (χ4n) is 9.66. The summed E-state index contributed by atoms with van der Waals surface area (Å²) in [6.07, 6.45) is 40.6. The highest BCUT2D eigenvalue weighted by atomic mass is 16.7. The summed E-state index contributed by atoms with van der Waals surface area (Å²) in [5, 5.41) is 72.4. The molecule has 2 saturated heterocycles. The van der Waals surface area contributed by atoms with Gasteiger partial charge in [0.1, 0.15) is 54.9 Å². The zero-order valence-electron chi connectivity index (χ0n) is 47.3. The van der Waals surface area contributed by atoms with E-state index in [1.165, 1.54) is 167 Å². The first-order valence-corrected chi connectivity index (χ1v) is 30.6. The minimum atomic E-state index is -1.71. The molecule has 2 heterocycles. The van der Waals surface area contributed by atoms with Gasteiger partial charge in [-0.1, -0.05) is 204 Å². The summed E-state index contributed by atoms with van der Waals surface area (Å²) in [4.78, 5) is 13.1. The lowest BCUT2D eigenvalue weighted by Gasteiger charge is -2.42. The van der Waals surface area contributed by atoms with Crippen LogP contribution in [0.3, 0.4) is 0 Å². The molecular weight excluding hydrogens is 957 g/mol. The molecule has 0 spiro atoms. The number of aliphatic hydroxyl groups excluding tert-OH is 7. The molecule has 0 aliphatic carbocycles. The van der Waals surface area contributed by atoms with Crippen LogP contribution in [0.25, 0.3) is 0 Å². The number of hydrogen-bond donors (Lipinski definition) is 7. The van der Waals surface area contributed by atoms with Crippen LogP contribution in [-0.4, -0.2) is 142 Å². The topological polar surface area (TPSA) is 214 Å². The second-order valence-corrected chi connectivity index (χ2v) is 21.5. The summed E-state index contributed by atoms with van der Waals surface area (Å²) < 4.78 is 34.4. The quantitative estimate of drug-likeness (QED) is 0.0172. The molecule has 0 aromatic carbocycles. The Balaban J connectivity index is 1.69. The molecule has 2 aliphatic rings. The van der Waals surface area contributed by atoms with E-state index in [0.717, 1.165) is 51.4 Å². The van der Waals surface area contributed by atoms with Crippen molar-refractivity contribution < 1.29 is 69.0 Å². The third kappa shape index (κ3) is 34.7. The van der Waals surface area contributed by atoms with Gasteiger partial charge in [0.2, 0.25) is 0 Å². The van der Waals surface area contributed by atoms with Crippen molar-refractivity contribution in [2.24, 2.45) is 0 Å². The molecule has 7 N–H and O–H groups in total. The van der Waals surface area contributed by atoms with Gasteiger partial charge in [-0.15, -0.1) is 0 Å². The van der Waals surface area contributed by atoms with E-state index in [-0.39, 0.29) is 25.6 Å². The summed E-state index contributed by atoms with van der Waals surface area (Å²) in [6.45, 7) is 3.69. The van der Waals surface area contributed by atoms with Gasteiger partial charge in [0, 0.05) is 13.0 Å². The number of carbonyl (C=O) groups is 1. The maximum atomic E-state index is 13.1. The maximum Gasteiger partial charge on any atom is 0.306 e. The molecule has 440 valence electrons. The Morgan fingerprint density at radius 2 is 0.827 bits per heavy atom. The van der Waals surface area contributed by atoms with Crippen molar-refractivity contribution in [1.82, 2.24) is 0 Å². The summed E-state index contributed by atoms with van der Waals surface area (Å²) in [7, 11) is 0. The highest BCUT2D eigenvalue weighted by Crippen LogP contribution is 2.27. The van der Waals surface area contributed by atoms with Crippen molar-refractivity contribution in [3.8, 4) is 0 Å². The first-order valence-electron chi connectivity index (χ1n) is 30.6. The van der Waals surface area contributed by atoms with E-state index in [0.29, 0.717) is 13.0 Å². The molecule has 0 aromatic rings. The van der Waals surface area contributed by atoms with Crippen LogP contribution in [0.5, 0.6) is 0 Å². The Kier molecular flexibility index (Phi) is 44.5. The van der Waals surface area contributed by atoms with Crippen LogP contribution in [0.15, 0.2) is 36.5 Å². The summed E-state index contributed by atoms with van der Waals surface area (Å²) in [5.74, 6) is -0.376. The van der Waals surface area contributed by atoms with Crippen molar-refractivity contribution in [3.63, 3.8) is 0 Å². The molecule has 0 amide bonds. The SMILES string of the molecule is CCCCC/C=C\C/C=C\CCCCCCCCCCOCC(COC1OC(COC2OC(CO)C(O)C(O)C2O)C(O)C(O)C1O)OC(=O)CCCCCCCCCCCCC/C=C\CCCCCCCCCC. The minimum Gasteiger partial charge on any atom is -0.457 e. The first kappa shape index (κ1) is 69.3. The van der Waals surface area contributed by atoms with Crippen molar-refractivity contribution in [2.75, 3.05) is 33.0 Å².